The van der Waals surface area contributed by atoms with Gasteiger partial charge in [-0.2, -0.15) is 5.10 Å². The zero-order valence-corrected chi connectivity index (χ0v) is 15.6. The molecule has 0 spiro atoms. The molecule has 8 heteroatoms. The number of rotatable bonds is 5. The largest absolute Gasteiger partial charge is 0.487 e. The van der Waals surface area contributed by atoms with Crippen molar-refractivity contribution in [2.75, 3.05) is 11.9 Å². The van der Waals surface area contributed by atoms with Crippen molar-refractivity contribution in [1.29, 1.82) is 0 Å². The number of urea groups is 1. The molecule has 1 atom stereocenters. The van der Waals surface area contributed by atoms with E-state index in [0.29, 0.717) is 24.7 Å². The summed E-state index contributed by atoms with van der Waals surface area (Å²) in [6.07, 6.45) is 3.54. The Hall–Kier alpha value is -3.42. The van der Waals surface area contributed by atoms with Crippen LogP contribution in [0.1, 0.15) is 36.2 Å². The fraction of sp³-hybridized carbons (Fsp3) is 0.300. The smallest absolute Gasteiger partial charge is 0.322 e. The minimum Gasteiger partial charge on any atom is -0.487 e. The number of H-pyrrole nitrogens is 1. The molecule has 144 valence electrons. The number of anilines is 1. The molecule has 2 N–H and O–H groups in total. The summed E-state index contributed by atoms with van der Waals surface area (Å²) in [4.78, 5) is 23.1. The summed E-state index contributed by atoms with van der Waals surface area (Å²) in [5, 5.41) is 10.0. The summed E-state index contributed by atoms with van der Waals surface area (Å²) < 4.78 is 5.72. The third-order valence-electron chi connectivity index (χ3n) is 4.64. The molecule has 1 aliphatic heterocycles. The second-order valence-corrected chi connectivity index (χ2v) is 6.69. The topological polar surface area (TPSA) is 96.0 Å². The van der Waals surface area contributed by atoms with Crippen molar-refractivity contribution in [1.82, 2.24) is 25.1 Å². The monoisotopic (exact) mass is 378 g/mol. The highest BCUT2D eigenvalue weighted by atomic mass is 16.5. The third-order valence-corrected chi connectivity index (χ3v) is 4.64. The molecular weight excluding hydrogens is 356 g/mol. The molecule has 0 saturated carbocycles. The Kier molecular flexibility index (Phi) is 5.18. The Morgan fingerprint density at radius 1 is 1.29 bits per heavy atom. The van der Waals surface area contributed by atoms with Gasteiger partial charge in [0.15, 0.2) is 5.82 Å². The molecule has 2 amide bonds. The Morgan fingerprint density at radius 2 is 2.14 bits per heavy atom. The third kappa shape index (κ3) is 4.11. The van der Waals surface area contributed by atoms with Crippen LogP contribution in [0.2, 0.25) is 0 Å². The van der Waals surface area contributed by atoms with Gasteiger partial charge < -0.3 is 15.0 Å². The fourth-order valence-electron chi connectivity index (χ4n) is 3.26. The SMILES string of the molecule is Cc1nc([C@@H]2CCCN2C(=O)Nc2ccc(OCc3ccccn3)cc2)n[nH]1. The fourth-order valence-corrected chi connectivity index (χ4v) is 3.26. The number of pyridine rings is 1. The Morgan fingerprint density at radius 3 is 2.86 bits per heavy atom. The van der Waals surface area contributed by atoms with E-state index in [0.717, 1.165) is 30.1 Å². The van der Waals surface area contributed by atoms with E-state index in [2.05, 4.69) is 25.5 Å². The molecule has 3 aromatic rings. The molecule has 1 fully saturated rings. The van der Waals surface area contributed by atoms with Gasteiger partial charge in [-0.3, -0.25) is 10.1 Å². The number of benzene rings is 1. The maximum Gasteiger partial charge on any atom is 0.322 e. The first kappa shape index (κ1) is 18.0. The highest BCUT2D eigenvalue weighted by Crippen LogP contribution is 2.30. The number of likely N-dealkylation sites (tertiary alicyclic amines) is 1. The molecule has 1 saturated heterocycles. The van der Waals surface area contributed by atoms with Gasteiger partial charge in [0.2, 0.25) is 0 Å². The lowest BCUT2D eigenvalue weighted by Crippen LogP contribution is -2.34. The van der Waals surface area contributed by atoms with Crippen LogP contribution in [0, 0.1) is 6.92 Å². The Balaban J connectivity index is 1.35. The first-order valence-corrected chi connectivity index (χ1v) is 9.28. The lowest BCUT2D eigenvalue weighted by atomic mass is 10.2. The van der Waals surface area contributed by atoms with Crippen LogP contribution in [0.5, 0.6) is 5.75 Å². The highest BCUT2D eigenvalue weighted by molar-refractivity contribution is 5.89. The number of hydrogen-bond acceptors (Lipinski definition) is 5. The van der Waals surface area contributed by atoms with Crippen molar-refractivity contribution in [2.24, 2.45) is 0 Å². The highest BCUT2D eigenvalue weighted by Gasteiger charge is 2.32. The van der Waals surface area contributed by atoms with Crippen LogP contribution in [-0.2, 0) is 6.61 Å². The van der Waals surface area contributed by atoms with Gasteiger partial charge in [-0.1, -0.05) is 6.07 Å². The number of amides is 2. The van der Waals surface area contributed by atoms with Crippen LogP contribution in [0.15, 0.2) is 48.7 Å². The van der Waals surface area contributed by atoms with Crippen LogP contribution < -0.4 is 10.1 Å². The van der Waals surface area contributed by atoms with Crippen LogP contribution in [0.4, 0.5) is 10.5 Å². The van der Waals surface area contributed by atoms with Crippen LogP contribution in [0.3, 0.4) is 0 Å². The van der Waals surface area contributed by atoms with E-state index in [-0.39, 0.29) is 12.1 Å². The van der Waals surface area contributed by atoms with E-state index in [4.69, 9.17) is 4.74 Å². The van der Waals surface area contributed by atoms with E-state index < -0.39 is 0 Å². The lowest BCUT2D eigenvalue weighted by molar-refractivity contribution is 0.205. The Labute approximate surface area is 163 Å². The lowest BCUT2D eigenvalue weighted by Gasteiger charge is -2.23. The molecule has 2 aromatic heterocycles. The number of ether oxygens (including phenoxy) is 1. The van der Waals surface area contributed by atoms with E-state index >= 15 is 0 Å². The van der Waals surface area contributed by atoms with Gasteiger partial charge in [0.1, 0.15) is 18.2 Å². The van der Waals surface area contributed by atoms with Crippen molar-refractivity contribution < 1.29 is 9.53 Å². The Bertz CT molecular complexity index is 925. The number of aromatic amines is 1. The zero-order chi connectivity index (χ0) is 19.3. The molecule has 8 nitrogen and oxygen atoms in total. The number of carbonyl (C=O) groups is 1. The standard InChI is InChI=1S/C20H22N6O2/c1-14-22-19(25-24-14)18-6-4-12-26(18)20(27)23-15-7-9-17(10-8-15)28-13-16-5-2-3-11-21-16/h2-3,5,7-11,18H,4,6,12-13H2,1H3,(H,23,27)(H,22,24,25)/t18-/m0/s1. The number of hydrogen-bond donors (Lipinski definition) is 2. The minimum absolute atomic E-state index is 0.0917. The summed E-state index contributed by atoms with van der Waals surface area (Å²) in [5.41, 5.74) is 1.58. The van der Waals surface area contributed by atoms with Crippen LogP contribution >= 0.6 is 0 Å². The van der Waals surface area contributed by atoms with Crippen molar-refractivity contribution in [3.8, 4) is 5.75 Å². The maximum atomic E-state index is 12.7. The summed E-state index contributed by atoms with van der Waals surface area (Å²) in [7, 11) is 0. The van der Waals surface area contributed by atoms with E-state index in [1.54, 1.807) is 11.1 Å². The van der Waals surface area contributed by atoms with Gasteiger partial charge in [-0.25, -0.2) is 9.78 Å². The van der Waals surface area contributed by atoms with Crippen molar-refractivity contribution >= 4 is 11.7 Å². The van der Waals surface area contributed by atoms with Crippen molar-refractivity contribution in [2.45, 2.75) is 32.4 Å². The molecule has 0 unspecified atom stereocenters. The first-order chi connectivity index (χ1) is 13.7. The number of aryl methyl sites for hydroxylation is 1. The predicted octanol–water partition coefficient (Wildman–Crippen LogP) is 3.46. The van der Waals surface area contributed by atoms with Gasteiger partial charge in [0, 0.05) is 18.4 Å². The summed E-state index contributed by atoms with van der Waals surface area (Å²) in [6, 6.07) is 12.8. The van der Waals surface area contributed by atoms with E-state index in [9.17, 15) is 4.79 Å². The van der Waals surface area contributed by atoms with Crippen LogP contribution in [0.25, 0.3) is 0 Å². The molecule has 3 heterocycles. The molecule has 1 aliphatic rings. The number of aromatic nitrogens is 4. The van der Waals surface area contributed by atoms with Gasteiger partial charge in [0.25, 0.3) is 0 Å². The summed E-state index contributed by atoms with van der Waals surface area (Å²) in [6.45, 7) is 2.95. The molecule has 4 rings (SSSR count). The van der Waals surface area contributed by atoms with Gasteiger partial charge in [0.05, 0.1) is 11.7 Å². The minimum atomic E-state index is -0.146. The molecule has 0 radical (unpaired) electrons. The van der Waals surface area contributed by atoms with E-state index in [1.165, 1.54) is 0 Å². The molecule has 28 heavy (non-hydrogen) atoms. The molecular formula is C20H22N6O2. The second-order valence-electron chi connectivity index (χ2n) is 6.69. The number of carbonyl (C=O) groups excluding carboxylic acids is 1. The first-order valence-electron chi connectivity index (χ1n) is 9.28. The summed E-state index contributed by atoms with van der Waals surface area (Å²) in [5.74, 6) is 2.14. The quantitative estimate of drug-likeness (QED) is 0.709. The molecule has 0 bridgehead atoms. The summed E-state index contributed by atoms with van der Waals surface area (Å²) >= 11 is 0. The van der Waals surface area contributed by atoms with Crippen molar-refractivity contribution in [3.05, 3.63) is 66.0 Å². The normalized spacial score (nSPS) is 16.2. The van der Waals surface area contributed by atoms with Crippen LogP contribution in [-0.4, -0.2) is 37.6 Å². The van der Waals surface area contributed by atoms with Gasteiger partial charge >= 0.3 is 6.03 Å². The maximum absolute atomic E-state index is 12.7. The average Bonchev–Trinajstić information content (AvgIpc) is 3.37. The number of nitrogens with zero attached hydrogens (tertiary/aromatic N) is 4. The second kappa shape index (κ2) is 8.08. The zero-order valence-electron chi connectivity index (χ0n) is 15.6. The number of nitrogens with one attached hydrogen (secondary N) is 2. The van der Waals surface area contributed by atoms with Gasteiger partial charge in [-0.05, 0) is 56.2 Å². The average molecular weight is 378 g/mol. The van der Waals surface area contributed by atoms with Crippen molar-refractivity contribution in [3.63, 3.8) is 0 Å². The predicted molar refractivity (Wildman–Crippen MR) is 104 cm³/mol. The van der Waals surface area contributed by atoms with E-state index in [1.807, 2.05) is 49.4 Å². The molecule has 0 aliphatic carbocycles. The van der Waals surface area contributed by atoms with Gasteiger partial charge in [-0.15, -0.1) is 0 Å². The molecule has 1 aromatic carbocycles.